The molecule has 0 radical (unpaired) electrons. The molecule has 180 valence electrons. The van der Waals surface area contributed by atoms with Gasteiger partial charge in [0.15, 0.2) is 0 Å². The first-order chi connectivity index (χ1) is 17.0. The lowest BCUT2D eigenvalue weighted by molar-refractivity contribution is -0.137. The van der Waals surface area contributed by atoms with E-state index in [4.69, 9.17) is 14.4 Å². The Morgan fingerprint density at radius 2 is 1.71 bits per heavy atom. The highest BCUT2D eigenvalue weighted by atomic mass is 16.5. The zero-order chi connectivity index (χ0) is 24.4. The third kappa shape index (κ3) is 4.89. The first kappa shape index (κ1) is 22.6. The summed E-state index contributed by atoms with van der Waals surface area (Å²) in [5.41, 5.74) is 4.90. The Kier molecular flexibility index (Phi) is 6.22. The predicted octanol–water partition coefficient (Wildman–Crippen LogP) is 3.70. The molecule has 2 aliphatic rings. The van der Waals surface area contributed by atoms with E-state index in [-0.39, 0.29) is 42.7 Å². The number of benzene rings is 2. The molecule has 9 heteroatoms. The van der Waals surface area contributed by atoms with Crippen LogP contribution < -0.4 is 10.6 Å². The number of carbonyl (C=O) groups is 3. The second-order valence-corrected chi connectivity index (χ2v) is 8.87. The molecule has 2 aromatic carbocycles. The normalized spacial score (nSPS) is 15.1. The van der Waals surface area contributed by atoms with Gasteiger partial charge in [0, 0.05) is 12.0 Å². The summed E-state index contributed by atoms with van der Waals surface area (Å²) in [6, 6.07) is 15.7. The number of aliphatic carboxylic acids is 1. The molecule has 1 heterocycles. The van der Waals surface area contributed by atoms with E-state index < -0.39 is 24.0 Å². The fourth-order valence-electron chi connectivity index (χ4n) is 4.65. The molecule has 9 nitrogen and oxygen atoms in total. The van der Waals surface area contributed by atoms with Crippen molar-refractivity contribution in [2.24, 2.45) is 5.92 Å². The molecular formula is C26H25N3O6. The van der Waals surface area contributed by atoms with Crippen molar-refractivity contribution in [1.29, 1.82) is 0 Å². The molecule has 2 aliphatic carbocycles. The van der Waals surface area contributed by atoms with Gasteiger partial charge in [-0.05, 0) is 41.0 Å². The molecule has 1 fully saturated rings. The number of carbonyl (C=O) groups excluding carboxylic acids is 2. The Balaban J connectivity index is 1.18. The van der Waals surface area contributed by atoms with E-state index in [9.17, 15) is 14.4 Å². The number of ether oxygens (including phenoxy) is 1. The van der Waals surface area contributed by atoms with Gasteiger partial charge in [-0.25, -0.2) is 4.79 Å². The SMILES string of the molecule is O=C(O)CC(NC(=O)c1conc1CNC(=O)OCC1c2ccccc2-c2ccccc21)C1CC1. The number of hydrogen-bond acceptors (Lipinski definition) is 6. The lowest BCUT2D eigenvalue weighted by Crippen LogP contribution is -2.38. The Bertz CT molecular complexity index is 1220. The van der Waals surface area contributed by atoms with Crippen LogP contribution in [0.25, 0.3) is 11.1 Å². The van der Waals surface area contributed by atoms with E-state index in [1.165, 1.54) is 6.26 Å². The summed E-state index contributed by atoms with van der Waals surface area (Å²) in [6.07, 6.45) is 2.18. The van der Waals surface area contributed by atoms with Crippen LogP contribution in [0, 0.1) is 5.92 Å². The number of nitrogens with zero attached hydrogens (tertiary/aromatic N) is 1. The standard InChI is InChI=1S/C26H25N3O6/c30-24(31)11-22(15-9-10-15)28-25(32)21-14-35-29-23(21)12-27-26(33)34-13-20-18-7-3-1-5-16(18)17-6-2-4-8-19(17)20/h1-8,14-15,20,22H,9-13H2,(H,27,33)(H,28,32)(H,30,31). The van der Waals surface area contributed by atoms with Crippen LogP contribution in [-0.4, -0.2) is 40.9 Å². The van der Waals surface area contributed by atoms with E-state index in [1.54, 1.807) is 0 Å². The van der Waals surface area contributed by atoms with Crippen LogP contribution in [0.2, 0.25) is 0 Å². The largest absolute Gasteiger partial charge is 0.481 e. The lowest BCUT2D eigenvalue weighted by Gasteiger charge is -2.16. The predicted molar refractivity (Wildman–Crippen MR) is 125 cm³/mol. The van der Waals surface area contributed by atoms with Crippen LogP contribution in [0.5, 0.6) is 0 Å². The van der Waals surface area contributed by atoms with Gasteiger partial charge < -0.3 is 25.0 Å². The zero-order valence-electron chi connectivity index (χ0n) is 18.9. The number of fused-ring (bicyclic) bond motifs is 3. The number of hydrogen-bond donors (Lipinski definition) is 3. The van der Waals surface area contributed by atoms with E-state index in [0.717, 1.165) is 35.1 Å². The molecule has 35 heavy (non-hydrogen) atoms. The topological polar surface area (TPSA) is 131 Å². The number of carboxylic acid groups (broad SMARTS) is 1. The fourth-order valence-corrected chi connectivity index (χ4v) is 4.65. The molecule has 5 rings (SSSR count). The van der Waals surface area contributed by atoms with E-state index in [0.29, 0.717) is 0 Å². The van der Waals surface area contributed by atoms with Crippen LogP contribution in [0.4, 0.5) is 4.79 Å². The van der Waals surface area contributed by atoms with Gasteiger partial charge in [0.2, 0.25) is 0 Å². The summed E-state index contributed by atoms with van der Waals surface area (Å²) in [6.45, 7) is 0.104. The molecular weight excluding hydrogens is 450 g/mol. The van der Waals surface area contributed by atoms with Crippen molar-refractivity contribution >= 4 is 18.0 Å². The maximum Gasteiger partial charge on any atom is 0.407 e. The molecule has 2 amide bonds. The molecule has 1 saturated carbocycles. The van der Waals surface area contributed by atoms with Crippen LogP contribution in [0.3, 0.4) is 0 Å². The number of alkyl carbamates (subject to hydrolysis) is 1. The molecule has 0 aliphatic heterocycles. The monoisotopic (exact) mass is 475 g/mol. The quantitative estimate of drug-likeness (QED) is 0.430. The average molecular weight is 476 g/mol. The van der Waals surface area contributed by atoms with Crippen molar-refractivity contribution < 1.29 is 28.8 Å². The minimum absolute atomic E-state index is 0.0601. The molecule has 1 atom stereocenters. The van der Waals surface area contributed by atoms with Crippen LogP contribution in [0.1, 0.15) is 52.4 Å². The van der Waals surface area contributed by atoms with Crippen molar-refractivity contribution in [2.75, 3.05) is 6.61 Å². The highest BCUT2D eigenvalue weighted by molar-refractivity contribution is 5.95. The van der Waals surface area contributed by atoms with Gasteiger partial charge in [-0.2, -0.15) is 0 Å². The number of carboxylic acids is 1. The van der Waals surface area contributed by atoms with Gasteiger partial charge in [-0.15, -0.1) is 0 Å². The third-order valence-corrected chi connectivity index (χ3v) is 6.53. The maximum absolute atomic E-state index is 12.7. The van der Waals surface area contributed by atoms with Gasteiger partial charge in [0.25, 0.3) is 5.91 Å². The summed E-state index contributed by atoms with van der Waals surface area (Å²) in [4.78, 5) is 36.2. The first-order valence-electron chi connectivity index (χ1n) is 11.6. The zero-order valence-corrected chi connectivity index (χ0v) is 18.9. The van der Waals surface area contributed by atoms with Crippen molar-refractivity contribution in [3.05, 3.63) is 77.2 Å². The van der Waals surface area contributed by atoms with E-state index in [1.807, 2.05) is 36.4 Å². The summed E-state index contributed by atoms with van der Waals surface area (Å²) in [5, 5.41) is 18.3. The molecule has 1 aromatic heterocycles. The first-order valence-corrected chi connectivity index (χ1v) is 11.6. The molecule has 0 spiro atoms. The Hall–Kier alpha value is -4.14. The van der Waals surface area contributed by atoms with Crippen molar-refractivity contribution in [3.8, 4) is 11.1 Å². The van der Waals surface area contributed by atoms with E-state index >= 15 is 0 Å². The molecule has 1 unspecified atom stereocenters. The third-order valence-electron chi connectivity index (χ3n) is 6.53. The Labute approximate surface area is 201 Å². The van der Waals surface area contributed by atoms with Gasteiger partial charge >= 0.3 is 12.1 Å². The van der Waals surface area contributed by atoms with Crippen molar-refractivity contribution in [3.63, 3.8) is 0 Å². The fraction of sp³-hybridized carbons (Fsp3) is 0.308. The summed E-state index contributed by atoms with van der Waals surface area (Å²) >= 11 is 0. The summed E-state index contributed by atoms with van der Waals surface area (Å²) < 4.78 is 10.5. The highest BCUT2D eigenvalue weighted by Crippen LogP contribution is 2.44. The smallest absolute Gasteiger partial charge is 0.407 e. The van der Waals surface area contributed by atoms with E-state index in [2.05, 4.69) is 27.9 Å². The maximum atomic E-state index is 12.7. The molecule has 3 aromatic rings. The van der Waals surface area contributed by atoms with Crippen LogP contribution in [0.15, 0.2) is 59.3 Å². The van der Waals surface area contributed by atoms with Gasteiger partial charge in [0.05, 0.1) is 13.0 Å². The Morgan fingerprint density at radius 1 is 1.06 bits per heavy atom. The average Bonchev–Trinajstić information content (AvgIpc) is 3.51. The van der Waals surface area contributed by atoms with Gasteiger partial charge in [-0.3, -0.25) is 9.59 Å². The molecule has 0 saturated heterocycles. The number of amides is 2. The lowest BCUT2D eigenvalue weighted by atomic mass is 9.98. The van der Waals surface area contributed by atoms with Crippen molar-refractivity contribution in [2.45, 2.75) is 37.8 Å². The number of aromatic nitrogens is 1. The van der Waals surface area contributed by atoms with Gasteiger partial charge in [-0.1, -0.05) is 53.7 Å². The van der Waals surface area contributed by atoms with Gasteiger partial charge in [0.1, 0.15) is 24.1 Å². The molecule has 0 bridgehead atoms. The molecule has 3 N–H and O–H groups in total. The summed E-state index contributed by atoms with van der Waals surface area (Å²) in [7, 11) is 0. The number of nitrogens with one attached hydrogen (secondary N) is 2. The number of rotatable bonds is 9. The van der Waals surface area contributed by atoms with Crippen molar-refractivity contribution in [1.82, 2.24) is 15.8 Å². The van der Waals surface area contributed by atoms with Crippen LogP contribution >= 0.6 is 0 Å². The second kappa shape index (κ2) is 9.61. The minimum atomic E-state index is -0.968. The Morgan fingerprint density at radius 3 is 2.34 bits per heavy atom. The highest BCUT2D eigenvalue weighted by Gasteiger charge is 2.34. The van der Waals surface area contributed by atoms with Crippen LogP contribution in [-0.2, 0) is 16.1 Å². The minimum Gasteiger partial charge on any atom is -0.481 e. The second-order valence-electron chi connectivity index (χ2n) is 8.87. The summed E-state index contributed by atoms with van der Waals surface area (Å²) in [5.74, 6) is -1.34.